The number of methoxy groups -OCH3 is 1. The Balaban J connectivity index is 1.28. The third kappa shape index (κ3) is 9.60. The number of cyclic esters (lactones) is 1. The van der Waals surface area contributed by atoms with Crippen LogP contribution in [-0.4, -0.2) is 117 Å². The second-order valence-corrected chi connectivity index (χ2v) is 18.4. The fraction of sp³-hybridized carbons (Fsp3) is 0.490. The number of benzene rings is 1. The second kappa shape index (κ2) is 19.4. The van der Waals surface area contributed by atoms with Crippen LogP contribution >= 0.6 is 0 Å². The summed E-state index contributed by atoms with van der Waals surface area (Å²) >= 11 is 0. The zero-order valence-corrected chi connectivity index (χ0v) is 38.2. The van der Waals surface area contributed by atoms with Crippen molar-refractivity contribution in [3.63, 3.8) is 0 Å². The van der Waals surface area contributed by atoms with Gasteiger partial charge in [-0.1, -0.05) is 40.3 Å². The van der Waals surface area contributed by atoms with Crippen molar-refractivity contribution in [3.05, 3.63) is 84.5 Å². The van der Waals surface area contributed by atoms with Gasteiger partial charge in [-0.05, 0) is 97.7 Å². The van der Waals surface area contributed by atoms with Gasteiger partial charge in [0.25, 0.3) is 5.91 Å². The number of likely N-dealkylation sites (N-methyl/N-ethyl adjacent to an activating group) is 1. The van der Waals surface area contributed by atoms with Crippen LogP contribution in [0.2, 0.25) is 0 Å². The Morgan fingerprint density at radius 3 is 2.59 bits per heavy atom. The number of likely N-dealkylation sites (tertiary alicyclic amines) is 1. The molecular formula is C49H62N8O7. The molecule has 3 aromatic heterocycles. The molecule has 4 atom stereocenters. The Hall–Kier alpha value is -5.93. The molecule has 3 aliphatic heterocycles. The summed E-state index contributed by atoms with van der Waals surface area (Å²) in [7, 11) is 3.26. The Morgan fingerprint density at radius 1 is 1.08 bits per heavy atom. The fourth-order valence-corrected chi connectivity index (χ4v) is 9.60. The maximum atomic E-state index is 14.6. The Labute approximate surface area is 375 Å². The normalized spacial score (nSPS) is 20.7. The number of hydrazine groups is 1. The number of hydrogen-bond acceptors (Lipinski definition) is 10. The van der Waals surface area contributed by atoms with Gasteiger partial charge in [-0.2, -0.15) is 0 Å². The summed E-state index contributed by atoms with van der Waals surface area (Å²) in [6.45, 7) is 15.7. The van der Waals surface area contributed by atoms with E-state index < -0.39 is 47.2 Å². The summed E-state index contributed by atoms with van der Waals surface area (Å²) in [5.74, 6) is -2.68. The largest absolute Gasteiger partial charge is 0.464 e. The molecule has 15 heteroatoms. The lowest BCUT2D eigenvalue weighted by Gasteiger charge is -2.37. The molecule has 2 N–H and O–H groups in total. The molecule has 1 aromatic carbocycles. The summed E-state index contributed by atoms with van der Waals surface area (Å²) in [5, 5.41) is 5.48. The van der Waals surface area contributed by atoms with Crippen LogP contribution in [0.3, 0.4) is 0 Å². The van der Waals surface area contributed by atoms with Gasteiger partial charge in [0, 0.05) is 86.7 Å². The molecule has 7 rings (SSSR count). The maximum Gasteiger partial charge on any atom is 0.324 e. The van der Waals surface area contributed by atoms with Crippen molar-refractivity contribution in [1.82, 2.24) is 40.1 Å². The molecule has 6 bridgehead atoms. The van der Waals surface area contributed by atoms with E-state index in [0.29, 0.717) is 57.6 Å². The molecule has 0 radical (unpaired) electrons. The van der Waals surface area contributed by atoms with Crippen molar-refractivity contribution in [3.8, 4) is 22.4 Å². The predicted molar refractivity (Wildman–Crippen MR) is 243 cm³/mol. The van der Waals surface area contributed by atoms with E-state index in [9.17, 15) is 24.0 Å². The number of esters is 1. The first kappa shape index (κ1) is 46.1. The lowest BCUT2D eigenvalue weighted by Crippen LogP contribution is -2.62. The molecule has 6 heterocycles. The molecule has 4 aromatic rings. The van der Waals surface area contributed by atoms with Gasteiger partial charge < -0.3 is 29.2 Å². The lowest BCUT2D eigenvalue weighted by atomic mass is 9.84. The topological polar surface area (TPSA) is 168 Å². The number of nitrogens with zero attached hydrogens (tertiary/aromatic N) is 6. The minimum Gasteiger partial charge on any atom is -0.464 e. The average molecular weight is 875 g/mol. The molecular weight excluding hydrogens is 813 g/mol. The first-order chi connectivity index (χ1) is 30.6. The van der Waals surface area contributed by atoms with E-state index in [1.54, 1.807) is 31.5 Å². The van der Waals surface area contributed by atoms with Crippen LogP contribution in [0.25, 0.3) is 33.3 Å². The zero-order chi connectivity index (χ0) is 45.9. The number of ether oxygens (including phenoxy) is 2. The highest BCUT2D eigenvalue weighted by atomic mass is 16.5. The molecule has 0 aliphatic carbocycles. The number of pyridine rings is 2. The molecule has 15 nitrogen and oxygen atoms in total. The molecule has 2 saturated heterocycles. The summed E-state index contributed by atoms with van der Waals surface area (Å²) < 4.78 is 14.0. The van der Waals surface area contributed by atoms with E-state index in [2.05, 4.69) is 66.9 Å². The SMILES string of the molecule is C=CC(=O)N1CC[C@H](C(=O)N(C)[C@H](C(=O)N[C@H]2Cc3cc(ccn3)-c3ccc4c(c3)c(c(-c3cccnc3COC)n4CC)CC(C)(C)COC(=O)[C@@H]3CCCN(N3)C2=O)C(C)C)C1. The lowest BCUT2D eigenvalue weighted by molar-refractivity contribution is -0.155. The summed E-state index contributed by atoms with van der Waals surface area (Å²) in [5.41, 5.74) is 10.0. The summed E-state index contributed by atoms with van der Waals surface area (Å²) in [6, 6.07) is 11.5. The quantitative estimate of drug-likeness (QED) is 0.162. The fourth-order valence-electron chi connectivity index (χ4n) is 9.60. The van der Waals surface area contributed by atoms with Gasteiger partial charge in [0.1, 0.15) is 18.1 Å². The van der Waals surface area contributed by atoms with Gasteiger partial charge in [-0.25, -0.2) is 5.43 Å². The number of hydrogen-bond donors (Lipinski definition) is 2. The van der Waals surface area contributed by atoms with Gasteiger partial charge in [0.05, 0.1) is 30.5 Å². The van der Waals surface area contributed by atoms with Crippen LogP contribution in [0.15, 0.2) is 67.5 Å². The van der Waals surface area contributed by atoms with Crippen molar-refractivity contribution in [2.24, 2.45) is 17.3 Å². The number of fused-ring (bicyclic) bond motifs is 6. The predicted octanol–water partition coefficient (Wildman–Crippen LogP) is 5.10. The smallest absolute Gasteiger partial charge is 0.324 e. The van der Waals surface area contributed by atoms with Crippen molar-refractivity contribution in [1.29, 1.82) is 0 Å². The molecule has 3 aliphatic rings. The van der Waals surface area contributed by atoms with Gasteiger partial charge >= 0.3 is 5.97 Å². The van der Waals surface area contributed by atoms with Crippen LogP contribution < -0.4 is 10.7 Å². The number of carbonyl (C=O) groups excluding carboxylic acids is 5. The standard InChI is InChI=1S/C49H62N8O7/c1-9-42(58)55-22-18-33(27-55)46(60)54(7)43(30(3)4)45(59)52-39-25-34-23-32(17-20-50-34)31-15-16-41-36(24-31)37(44(56(41)10-2)35-13-11-19-51-40(35)28-63-8)26-49(5,6)29-64-48(62)38-14-12-21-57(53-38)47(39)61/h9,11,13,15-17,19-20,23-24,30,33,38-39,43,53H,1,10,12,14,18,21-22,25-29H2,2-8H3,(H,52,59)/t33-,38-,39-,43-/m0/s1. The molecule has 0 unspecified atom stereocenters. The van der Waals surface area contributed by atoms with E-state index in [-0.39, 0.29) is 37.3 Å². The third-order valence-corrected chi connectivity index (χ3v) is 12.8. The molecule has 340 valence electrons. The average Bonchev–Trinajstić information content (AvgIpc) is 3.90. The molecule has 0 spiro atoms. The molecule has 64 heavy (non-hydrogen) atoms. The maximum absolute atomic E-state index is 14.6. The molecule has 4 amide bonds. The number of aromatic nitrogens is 3. The van der Waals surface area contributed by atoms with E-state index >= 15 is 0 Å². The van der Waals surface area contributed by atoms with Gasteiger partial charge in [-0.15, -0.1) is 0 Å². The number of carbonyl (C=O) groups is 5. The summed E-state index contributed by atoms with van der Waals surface area (Å²) in [4.78, 5) is 81.6. The number of amides is 4. The minimum atomic E-state index is -1.11. The Bertz CT molecular complexity index is 2430. The van der Waals surface area contributed by atoms with Crippen molar-refractivity contribution in [2.75, 3.05) is 40.4 Å². The van der Waals surface area contributed by atoms with E-state index in [0.717, 1.165) is 44.5 Å². The van der Waals surface area contributed by atoms with Gasteiger partial charge in [0.15, 0.2) is 0 Å². The second-order valence-electron chi connectivity index (χ2n) is 18.4. The Kier molecular flexibility index (Phi) is 14.0. The van der Waals surface area contributed by atoms with Crippen LogP contribution in [-0.2, 0) is 59.4 Å². The number of rotatable bonds is 10. The van der Waals surface area contributed by atoms with Crippen LogP contribution in [0.4, 0.5) is 0 Å². The highest BCUT2D eigenvalue weighted by Gasteiger charge is 2.40. The molecule has 2 fully saturated rings. The van der Waals surface area contributed by atoms with E-state index in [4.69, 9.17) is 19.4 Å². The van der Waals surface area contributed by atoms with Gasteiger partial charge in [0.2, 0.25) is 17.7 Å². The highest BCUT2D eigenvalue weighted by Crippen LogP contribution is 2.41. The van der Waals surface area contributed by atoms with Crippen LogP contribution in [0.1, 0.15) is 70.8 Å². The third-order valence-electron chi connectivity index (χ3n) is 12.8. The first-order valence-electron chi connectivity index (χ1n) is 22.4. The monoisotopic (exact) mass is 874 g/mol. The van der Waals surface area contributed by atoms with Gasteiger partial charge in [-0.3, -0.25) is 38.9 Å². The minimum absolute atomic E-state index is 0.0385. The molecule has 0 saturated carbocycles. The van der Waals surface area contributed by atoms with E-state index in [1.807, 2.05) is 32.0 Å². The van der Waals surface area contributed by atoms with Crippen molar-refractivity contribution in [2.45, 2.75) is 98.0 Å². The number of aryl methyl sites for hydroxylation is 1. The van der Waals surface area contributed by atoms with Crippen LogP contribution in [0.5, 0.6) is 0 Å². The zero-order valence-electron chi connectivity index (χ0n) is 38.2. The van der Waals surface area contributed by atoms with E-state index in [1.165, 1.54) is 16.0 Å². The van der Waals surface area contributed by atoms with Crippen molar-refractivity contribution < 1.29 is 33.4 Å². The first-order valence-corrected chi connectivity index (χ1v) is 22.4. The number of nitrogens with one attached hydrogen (secondary N) is 2. The summed E-state index contributed by atoms with van der Waals surface area (Å²) in [6.07, 6.45) is 6.82. The Morgan fingerprint density at radius 2 is 1.86 bits per heavy atom. The van der Waals surface area contributed by atoms with Crippen molar-refractivity contribution >= 4 is 40.5 Å². The highest BCUT2D eigenvalue weighted by molar-refractivity contribution is 5.96. The van der Waals surface area contributed by atoms with Crippen LogP contribution in [0, 0.1) is 17.3 Å².